The Kier molecular flexibility index (Phi) is 5.16. The summed E-state index contributed by atoms with van der Waals surface area (Å²) in [6, 6.07) is 9.96. The largest absolute Gasteiger partial charge is 0.368 e. The lowest BCUT2D eigenvalue weighted by atomic mass is 10.1. The number of nitrogens with one attached hydrogen (secondary N) is 1. The smallest absolute Gasteiger partial charge is 0.159 e. The van der Waals surface area contributed by atoms with Crippen molar-refractivity contribution < 1.29 is 9.59 Å². The maximum absolute atomic E-state index is 11.7. The molecular formula is C23H24N4O2. The number of carbonyl (C=O) groups excluding carboxylic acids is 2. The van der Waals surface area contributed by atoms with Crippen LogP contribution in [0.3, 0.4) is 0 Å². The van der Waals surface area contributed by atoms with Gasteiger partial charge in [-0.15, -0.1) is 0 Å². The van der Waals surface area contributed by atoms with E-state index in [9.17, 15) is 9.59 Å². The molecule has 6 heteroatoms. The molecule has 3 aromatic rings. The van der Waals surface area contributed by atoms with Crippen molar-refractivity contribution in [3.63, 3.8) is 0 Å². The van der Waals surface area contributed by atoms with Crippen molar-refractivity contribution in [3.8, 4) is 0 Å². The number of benzene rings is 1. The fourth-order valence-corrected chi connectivity index (χ4v) is 3.68. The van der Waals surface area contributed by atoms with E-state index in [-0.39, 0.29) is 11.6 Å². The van der Waals surface area contributed by atoms with Gasteiger partial charge in [0.15, 0.2) is 11.6 Å². The van der Waals surface area contributed by atoms with Crippen molar-refractivity contribution in [1.29, 1.82) is 0 Å². The second-order valence-electron chi connectivity index (χ2n) is 7.36. The Morgan fingerprint density at radius 3 is 2.45 bits per heavy atom. The molecule has 0 radical (unpaired) electrons. The van der Waals surface area contributed by atoms with Crippen molar-refractivity contribution in [1.82, 2.24) is 9.97 Å². The van der Waals surface area contributed by atoms with Crippen LogP contribution in [0.1, 0.15) is 29.8 Å². The Hall–Kier alpha value is -3.41. The van der Waals surface area contributed by atoms with Crippen molar-refractivity contribution >= 4 is 40.1 Å². The Balaban J connectivity index is 1.50. The number of aromatic nitrogens is 2. The van der Waals surface area contributed by atoms with E-state index in [2.05, 4.69) is 31.9 Å². The number of nitrogens with zero attached hydrogens (tertiary/aromatic N) is 3. The highest BCUT2D eigenvalue weighted by molar-refractivity contribution is 5.96. The molecule has 2 aromatic heterocycles. The first-order valence-corrected chi connectivity index (χ1v) is 9.78. The van der Waals surface area contributed by atoms with Crippen LogP contribution in [0.15, 0.2) is 48.8 Å². The van der Waals surface area contributed by atoms with Gasteiger partial charge < -0.3 is 14.8 Å². The normalized spacial score (nSPS) is 14.7. The highest BCUT2D eigenvalue weighted by Crippen LogP contribution is 2.26. The summed E-state index contributed by atoms with van der Waals surface area (Å²) in [5.74, 6) is 0.111. The number of anilines is 2. The Morgan fingerprint density at radius 1 is 1.03 bits per heavy atom. The van der Waals surface area contributed by atoms with Gasteiger partial charge in [0.05, 0.1) is 11.9 Å². The van der Waals surface area contributed by atoms with E-state index in [1.165, 1.54) is 0 Å². The van der Waals surface area contributed by atoms with Gasteiger partial charge in [0.1, 0.15) is 5.65 Å². The zero-order valence-corrected chi connectivity index (χ0v) is 16.7. The standard InChI is InChI=1S/C23H24N4O2/c1-16(28)6-7-19-14-24-23-22(19)13-21(15-25-23)27-10-8-26(9-11-27)20-5-3-4-18(12-20)17(2)29/h3-7,12-15H,8-11H2,1-2H3,(H,24,25)/b7-6+. The molecule has 3 heterocycles. The third kappa shape index (κ3) is 4.06. The number of hydrogen-bond acceptors (Lipinski definition) is 5. The number of rotatable bonds is 5. The van der Waals surface area contributed by atoms with Gasteiger partial charge in [0.25, 0.3) is 0 Å². The molecule has 1 fully saturated rings. The lowest BCUT2D eigenvalue weighted by Crippen LogP contribution is -2.46. The summed E-state index contributed by atoms with van der Waals surface area (Å²) >= 11 is 0. The Morgan fingerprint density at radius 2 is 1.76 bits per heavy atom. The van der Waals surface area contributed by atoms with Crippen molar-refractivity contribution in [2.75, 3.05) is 36.0 Å². The number of pyridine rings is 1. The number of aromatic amines is 1. The summed E-state index contributed by atoms with van der Waals surface area (Å²) < 4.78 is 0. The van der Waals surface area contributed by atoms with Gasteiger partial charge in [-0.2, -0.15) is 0 Å². The molecule has 0 atom stereocenters. The third-order valence-corrected chi connectivity index (χ3v) is 5.31. The molecule has 1 aliphatic rings. The van der Waals surface area contributed by atoms with Crippen LogP contribution in [0.5, 0.6) is 0 Å². The first-order chi connectivity index (χ1) is 14.0. The van der Waals surface area contributed by atoms with Crippen LogP contribution >= 0.6 is 0 Å². The van der Waals surface area contributed by atoms with Crippen LogP contribution in [-0.4, -0.2) is 47.7 Å². The molecule has 0 bridgehead atoms. The molecular weight excluding hydrogens is 364 g/mol. The fourth-order valence-electron chi connectivity index (χ4n) is 3.68. The predicted octanol–water partition coefficient (Wildman–Crippen LogP) is 3.69. The molecule has 1 aromatic carbocycles. The van der Waals surface area contributed by atoms with Gasteiger partial charge in [0.2, 0.25) is 0 Å². The average Bonchev–Trinajstić information content (AvgIpc) is 3.14. The van der Waals surface area contributed by atoms with Crippen LogP contribution in [0, 0.1) is 0 Å². The highest BCUT2D eigenvalue weighted by atomic mass is 16.1. The van der Waals surface area contributed by atoms with E-state index < -0.39 is 0 Å². The number of ketones is 2. The monoisotopic (exact) mass is 388 g/mol. The molecule has 0 saturated carbocycles. The van der Waals surface area contributed by atoms with Crippen LogP contribution in [0.4, 0.5) is 11.4 Å². The van der Waals surface area contributed by atoms with E-state index in [1.807, 2.05) is 36.7 Å². The molecule has 0 unspecified atom stereocenters. The Bertz CT molecular complexity index is 1090. The second-order valence-corrected chi connectivity index (χ2v) is 7.36. The molecule has 29 heavy (non-hydrogen) atoms. The van der Waals surface area contributed by atoms with Crippen LogP contribution in [-0.2, 0) is 4.79 Å². The summed E-state index contributed by atoms with van der Waals surface area (Å²) in [5.41, 5.74) is 4.69. The molecule has 6 nitrogen and oxygen atoms in total. The van der Waals surface area contributed by atoms with Gasteiger partial charge in [-0.25, -0.2) is 4.98 Å². The number of hydrogen-bond donors (Lipinski definition) is 1. The minimum atomic E-state index is 0.0217. The summed E-state index contributed by atoms with van der Waals surface area (Å²) in [7, 11) is 0. The van der Waals surface area contributed by atoms with E-state index in [4.69, 9.17) is 0 Å². The summed E-state index contributed by atoms with van der Waals surface area (Å²) in [5, 5.41) is 1.01. The minimum Gasteiger partial charge on any atom is -0.368 e. The van der Waals surface area contributed by atoms with Crippen molar-refractivity contribution in [2.45, 2.75) is 13.8 Å². The van der Waals surface area contributed by atoms with Crippen LogP contribution in [0.2, 0.25) is 0 Å². The molecule has 1 saturated heterocycles. The van der Waals surface area contributed by atoms with Crippen LogP contribution < -0.4 is 9.80 Å². The molecule has 0 amide bonds. The number of H-pyrrole nitrogens is 1. The maximum atomic E-state index is 11.7. The molecule has 0 aliphatic carbocycles. The first kappa shape index (κ1) is 18.9. The molecule has 0 spiro atoms. The third-order valence-electron chi connectivity index (χ3n) is 5.31. The minimum absolute atomic E-state index is 0.0217. The Labute approximate surface area is 169 Å². The zero-order valence-electron chi connectivity index (χ0n) is 16.7. The van der Waals surface area contributed by atoms with Crippen molar-refractivity contribution in [3.05, 3.63) is 59.9 Å². The summed E-state index contributed by atoms with van der Waals surface area (Å²) in [6.07, 6.45) is 7.17. The quantitative estimate of drug-likeness (QED) is 0.533. The molecule has 1 N–H and O–H groups in total. The van der Waals surface area contributed by atoms with E-state index in [0.29, 0.717) is 0 Å². The second kappa shape index (κ2) is 7.91. The van der Waals surface area contributed by atoms with E-state index in [1.54, 1.807) is 19.9 Å². The molecule has 4 rings (SSSR count). The lowest BCUT2D eigenvalue weighted by Gasteiger charge is -2.37. The number of allylic oxidation sites excluding steroid dienone is 1. The van der Waals surface area contributed by atoms with E-state index >= 15 is 0 Å². The lowest BCUT2D eigenvalue weighted by molar-refractivity contribution is -0.112. The maximum Gasteiger partial charge on any atom is 0.159 e. The summed E-state index contributed by atoms with van der Waals surface area (Å²) in [4.78, 5) is 35.2. The van der Waals surface area contributed by atoms with Crippen molar-refractivity contribution in [2.24, 2.45) is 0 Å². The van der Waals surface area contributed by atoms with Gasteiger partial charge in [-0.1, -0.05) is 12.1 Å². The number of piperazine rings is 1. The highest BCUT2D eigenvalue weighted by Gasteiger charge is 2.19. The average molecular weight is 388 g/mol. The number of carbonyl (C=O) groups is 2. The predicted molar refractivity (Wildman–Crippen MR) is 117 cm³/mol. The first-order valence-electron chi connectivity index (χ1n) is 9.78. The van der Waals surface area contributed by atoms with Gasteiger partial charge in [0, 0.05) is 54.6 Å². The fraction of sp³-hybridized carbons (Fsp3) is 0.261. The van der Waals surface area contributed by atoms with Gasteiger partial charge in [-0.3, -0.25) is 9.59 Å². The number of fused-ring (bicyclic) bond motifs is 1. The summed E-state index contributed by atoms with van der Waals surface area (Å²) in [6.45, 7) is 6.65. The SMILES string of the molecule is CC(=O)/C=C/c1c[nH]c2ncc(N3CCN(c4cccc(C(C)=O)c4)CC3)cc12. The number of Topliss-reactive ketones (excluding diaryl/α,β-unsaturated/α-hetero) is 1. The molecule has 1 aliphatic heterocycles. The van der Waals surface area contributed by atoms with Gasteiger partial charge >= 0.3 is 0 Å². The van der Waals surface area contributed by atoms with E-state index in [0.717, 1.165) is 59.7 Å². The molecule has 148 valence electrons. The topological polar surface area (TPSA) is 69.3 Å². The van der Waals surface area contributed by atoms with Crippen LogP contribution in [0.25, 0.3) is 17.1 Å². The van der Waals surface area contributed by atoms with Gasteiger partial charge in [-0.05, 0) is 44.2 Å². The zero-order chi connectivity index (χ0) is 20.4.